The maximum Gasteiger partial charge on any atom is 0.285 e. The highest BCUT2D eigenvalue weighted by molar-refractivity contribution is 9.10. The average Bonchev–Trinajstić information content (AvgIpc) is 2.57. The summed E-state index contributed by atoms with van der Waals surface area (Å²) in [5.74, 6) is 0.0378. The maximum absolute atomic E-state index is 13.0. The summed E-state index contributed by atoms with van der Waals surface area (Å²) in [5.41, 5.74) is 1.38. The van der Waals surface area contributed by atoms with Gasteiger partial charge in [0.15, 0.2) is 0 Å². The van der Waals surface area contributed by atoms with Crippen molar-refractivity contribution in [2.24, 2.45) is 0 Å². The van der Waals surface area contributed by atoms with Crippen molar-refractivity contribution < 1.29 is 9.59 Å². The van der Waals surface area contributed by atoms with Crippen molar-refractivity contribution in [3.05, 3.63) is 58.6 Å². The van der Waals surface area contributed by atoms with E-state index in [1.54, 1.807) is 19.0 Å². The molecule has 2 aromatic carbocycles. The molecule has 0 aromatic heterocycles. The zero-order valence-electron chi connectivity index (χ0n) is 14.8. The molecule has 1 aliphatic carbocycles. The Labute approximate surface area is 166 Å². The Morgan fingerprint density at radius 3 is 2.15 bits per heavy atom. The lowest BCUT2D eigenvalue weighted by atomic mass is 9.64. The summed E-state index contributed by atoms with van der Waals surface area (Å²) in [6.45, 7) is 0. The van der Waals surface area contributed by atoms with Crippen molar-refractivity contribution in [3.8, 4) is 0 Å². The lowest BCUT2D eigenvalue weighted by molar-refractivity contribution is -0.124. The molecule has 26 heavy (non-hydrogen) atoms. The molecule has 2 aromatic rings. The summed E-state index contributed by atoms with van der Waals surface area (Å²) < 4.78 is 1.01. The number of carbonyl (C=O) groups is 2. The van der Waals surface area contributed by atoms with Gasteiger partial charge in [-0.3, -0.25) is 9.59 Å². The van der Waals surface area contributed by atoms with Gasteiger partial charge < -0.3 is 10.2 Å². The molecule has 0 radical (unpaired) electrons. The quantitative estimate of drug-likeness (QED) is 0.668. The second-order valence-electron chi connectivity index (χ2n) is 6.68. The van der Waals surface area contributed by atoms with Gasteiger partial charge in [0.05, 0.1) is 5.41 Å². The number of hydrogen-bond donors (Lipinski definition) is 1. The van der Waals surface area contributed by atoms with Crippen LogP contribution < -0.4 is 5.32 Å². The molecule has 1 saturated carbocycles. The van der Waals surface area contributed by atoms with Crippen LogP contribution in [0.5, 0.6) is 0 Å². The van der Waals surface area contributed by atoms with Crippen LogP contribution in [0.25, 0.3) is 0 Å². The number of carbonyl (C=O) groups excluding carboxylic acids is 2. The standard InChI is InChI=1S/C20H21BrN2O2S/c1-23(2)19(25)26-17-10-8-16(9-11-17)22-18(24)20(12-3-13-20)14-4-6-15(21)7-5-14/h4-11H,3,12-13H2,1-2H3,(H,22,24). The summed E-state index contributed by atoms with van der Waals surface area (Å²) in [4.78, 5) is 27.1. The zero-order chi connectivity index (χ0) is 18.7. The first-order valence-electron chi connectivity index (χ1n) is 8.47. The van der Waals surface area contributed by atoms with Crippen LogP contribution in [-0.2, 0) is 10.2 Å². The molecule has 136 valence electrons. The molecular formula is C20H21BrN2O2S. The van der Waals surface area contributed by atoms with E-state index in [0.29, 0.717) is 0 Å². The number of hydrogen-bond acceptors (Lipinski definition) is 3. The molecule has 1 N–H and O–H groups in total. The predicted octanol–water partition coefficient (Wildman–Crippen LogP) is 5.28. The van der Waals surface area contributed by atoms with Crippen molar-refractivity contribution in [3.63, 3.8) is 0 Å². The molecule has 0 saturated heterocycles. The minimum absolute atomic E-state index is 0.0227. The van der Waals surface area contributed by atoms with Gasteiger partial charge in [0.2, 0.25) is 5.91 Å². The zero-order valence-corrected chi connectivity index (χ0v) is 17.2. The van der Waals surface area contributed by atoms with Crippen molar-refractivity contribution in [1.82, 2.24) is 4.90 Å². The fraction of sp³-hybridized carbons (Fsp3) is 0.300. The topological polar surface area (TPSA) is 49.4 Å². The third-order valence-electron chi connectivity index (χ3n) is 4.72. The lowest BCUT2D eigenvalue weighted by Crippen LogP contribution is -2.45. The molecule has 6 heteroatoms. The van der Waals surface area contributed by atoms with Crippen LogP contribution in [-0.4, -0.2) is 30.1 Å². The SMILES string of the molecule is CN(C)C(=O)Sc1ccc(NC(=O)C2(c3ccc(Br)cc3)CCC2)cc1. The Morgan fingerprint density at radius 1 is 1.04 bits per heavy atom. The highest BCUT2D eigenvalue weighted by Crippen LogP contribution is 2.45. The van der Waals surface area contributed by atoms with Gasteiger partial charge in [-0.2, -0.15) is 0 Å². The van der Waals surface area contributed by atoms with Gasteiger partial charge in [-0.15, -0.1) is 0 Å². The highest BCUT2D eigenvalue weighted by atomic mass is 79.9. The van der Waals surface area contributed by atoms with E-state index in [1.165, 1.54) is 11.8 Å². The van der Waals surface area contributed by atoms with Crippen LogP contribution in [0.4, 0.5) is 10.5 Å². The van der Waals surface area contributed by atoms with Gasteiger partial charge in [0, 0.05) is 29.2 Å². The van der Waals surface area contributed by atoms with Gasteiger partial charge in [-0.25, -0.2) is 0 Å². The Hall–Kier alpha value is -1.79. The molecule has 0 unspecified atom stereocenters. The molecule has 2 amide bonds. The molecule has 4 nitrogen and oxygen atoms in total. The molecule has 3 rings (SSSR count). The minimum Gasteiger partial charge on any atom is -0.339 e. The average molecular weight is 433 g/mol. The van der Waals surface area contributed by atoms with Crippen molar-refractivity contribution in [2.45, 2.75) is 29.6 Å². The first-order chi connectivity index (χ1) is 12.4. The van der Waals surface area contributed by atoms with Crippen LogP contribution in [0.1, 0.15) is 24.8 Å². The number of nitrogens with zero attached hydrogens (tertiary/aromatic N) is 1. The molecule has 0 bridgehead atoms. The van der Waals surface area contributed by atoms with E-state index < -0.39 is 5.41 Å². The third-order valence-corrected chi connectivity index (χ3v) is 6.30. The van der Waals surface area contributed by atoms with Crippen LogP contribution in [0, 0.1) is 0 Å². The number of rotatable bonds is 4. The Morgan fingerprint density at radius 2 is 1.65 bits per heavy atom. The summed E-state index contributed by atoms with van der Waals surface area (Å²) >= 11 is 4.61. The van der Waals surface area contributed by atoms with E-state index in [9.17, 15) is 9.59 Å². The smallest absolute Gasteiger partial charge is 0.285 e. The highest BCUT2D eigenvalue weighted by Gasteiger charge is 2.45. The van der Waals surface area contributed by atoms with Crippen LogP contribution in [0.15, 0.2) is 57.9 Å². The van der Waals surface area contributed by atoms with Crippen molar-refractivity contribution >= 4 is 44.5 Å². The molecule has 1 fully saturated rings. The fourth-order valence-corrected chi connectivity index (χ4v) is 3.92. The van der Waals surface area contributed by atoms with Crippen molar-refractivity contribution in [2.75, 3.05) is 19.4 Å². The molecule has 1 aliphatic rings. The Bertz CT molecular complexity index is 800. The van der Waals surface area contributed by atoms with E-state index in [4.69, 9.17) is 0 Å². The predicted molar refractivity (Wildman–Crippen MR) is 110 cm³/mol. The first-order valence-corrected chi connectivity index (χ1v) is 10.1. The lowest BCUT2D eigenvalue weighted by Gasteiger charge is -2.40. The number of thioether (sulfide) groups is 1. The number of nitrogens with one attached hydrogen (secondary N) is 1. The van der Waals surface area contributed by atoms with Crippen LogP contribution in [0.2, 0.25) is 0 Å². The van der Waals surface area contributed by atoms with Gasteiger partial charge in [-0.1, -0.05) is 34.5 Å². The summed E-state index contributed by atoms with van der Waals surface area (Å²) in [5, 5.41) is 3.02. The fourth-order valence-electron chi connectivity index (χ4n) is 3.00. The second kappa shape index (κ2) is 7.84. The van der Waals surface area contributed by atoms with E-state index in [-0.39, 0.29) is 11.1 Å². The van der Waals surface area contributed by atoms with Gasteiger partial charge in [-0.05, 0) is 66.6 Å². The summed E-state index contributed by atoms with van der Waals surface area (Å²) in [6, 6.07) is 15.4. The second-order valence-corrected chi connectivity index (χ2v) is 8.62. The largest absolute Gasteiger partial charge is 0.339 e. The van der Waals surface area contributed by atoms with Crippen molar-refractivity contribution in [1.29, 1.82) is 0 Å². The summed E-state index contributed by atoms with van der Waals surface area (Å²) in [7, 11) is 3.45. The molecule has 0 heterocycles. The Balaban J connectivity index is 1.70. The maximum atomic E-state index is 13.0. The molecule has 0 aliphatic heterocycles. The number of benzene rings is 2. The number of anilines is 1. The van der Waals surface area contributed by atoms with Crippen LogP contribution in [0.3, 0.4) is 0 Å². The first kappa shape index (κ1) is 19.0. The summed E-state index contributed by atoms with van der Waals surface area (Å²) in [6.07, 6.45) is 2.79. The molecular weight excluding hydrogens is 412 g/mol. The molecule has 0 spiro atoms. The van der Waals surface area contributed by atoms with E-state index in [2.05, 4.69) is 21.2 Å². The van der Waals surface area contributed by atoms with Gasteiger partial charge in [0.25, 0.3) is 5.24 Å². The van der Waals surface area contributed by atoms with Gasteiger partial charge in [0.1, 0.15) is 0 Å². The number of halogens is 1. The Kier molecular flexibility index (Phi) is 5.73. The van der Waals surface area contributed by atoms with Gasteiger partial charge >= 0.3 is 0 Å². The normalized spacial score (nSPS) is 15.0. The molecule has 0 atom stereocenters. The van der Waals surface area contributed by atoms with E-state index in [0.717, 1.165) is 39.9 Å². The van der Waals surface area contributed by atoms with E-state index in [1.807, 2.05) is 48.5 Å². The van der Waals surface area contributed by atoms with Crippen LogP contribution >= 0.6 is 27.7 Å². The van der Waals surface area contributed by atoms with E-state index >= 15 is 0 Å². The monoisotopic (exact) mass is 432 g/mol. The number of amides is 2. The third kappa shape index (κ3) is 3.96. The minimum atomic E-state index is -0.436.